The molecule has 5 heteroatoms. The SMILES string of the molecule is C=C(C)CCC1CN(c2ccn(-c3ccccc3F)c2)C(=O)O1. The van der Waals surface area contributed by atoms with Gasteiger partial charge < -0.3 is 9.30 Å². The fraction of sp³-hybridized carbons (Fsp3) is 0.278. The molecule has 1 aliphatic rings. The Kier molecular flexibility index (Phi) is 4.19. The van der Waals surface area contributed by atoms with E-state index in [9.17, 15) is 9.18 Å². The summed E-state index contributed by atoms with van der Waals surface area (Å²) in [6, 6.07) is 8.31. The summed E-state index contributed by atoms with van der Waals surface area (Å²) in [7, 11) is 0. The summed E-state index contributed by atoms with van der Waals surface area (Å²) in [5.74, 6) is -0.307. The van der Waals surface area contributed by atoms with E-state index >= 15 is 0 Å². The van der Waals surface area contributed by atoms with Gasteiger partial charge in [-0.15, -0.1) is 6.58 Å². The van der Waals surface area contributed by atoms with Crippen molar-refractivity contribution in [2.75, 3.05) is 11.4 Å². The zero-order valence-corrected chi connectivity index (χ0v) is 13.0. The Morgan fingerprint density at radius 3 is 2.91 bits per heavy atom. The summed E-state index contributed by atoms with van der Waals surface area (Å²) in [5, 5.41) is 0. The van der Waals surface area contributed by atoms with Gasteiger partial charge in [0.25, 0.3) is 0 Å². The summed E-state index contributed by atoms with van der Waals surface area (Å²) in [5.41, 5.74) is 2.23. The van der Waals surface area contributed by atoms with Gasteiger partial charge in [-0.1, -0.05) is 17.7 Å². The van der Waals surface area contributed by atoms with Gasteiger partial charge in [0, 0.05) is 12.4 Å². The quantitative estimate of drug-likeness (QED) is 0.771. The number of hydrogen-bond acceptors (Lipinski definition) is 2. The van der Waals surface area contributed by atoms with Crippen molar-refractivity contribution < 1.29 is 13.9 Å². The van der Waals surface area contributed by atoms with E-state index in [1.807, 2.05) is 6.92 Å². The van der Waals surface area contributed by atoms with Gasteiger partial charge in [0.2, 0.25) is 0 Å². The Balaban J connectivity index is 1.74. The number of nitrogens with zero attached hydrogens (tertiary/aromatic N) is 2. The summed E-state index contributed by atoms with van der Waals surface area (Å²) in [6.45, 7) is 6.33. The van der Waals surface area contributed by atoms with Crippen molar-refractivity contribution in [2.24, 2.45) is 0 Å². The molecule has 1 saturated heterocycles. The van der Waals surface area contributed by atoms with Crippen LogP contribution in [0.25, 0.3) is 5.69 Å². The second-order valence-electron chi connectivity index (χ2n) is 5.84. The van der Waals surface area contributed by atoms with Crippen LogP contribution in [0.2, 0.25) is 0 Å². The van der Waals surface area contributed by atoms with Crippen LogP contribution in [0.3, 0.4) is 0 Å². The van der Waals surface area contributed by atoms with Crippen LogP contribution in [0.4, 0.5) is 14.9 Å². The fourth-order valence-corrected chi connectivity index (χ4v) is 2.65. The molecule has 1 aliphatic heterocycles. The van der Waals surface area contributed by atoms with E-state index in [-0.39, 0.29) is 18.0 Å². The largest absolute Gasteiger partial charge is 0.444 e. The zero-order chi connectivity index (χ0) is 16.4. The van der Waals surface area contributed by atoms with Crippen molar-refractivity contribution >= 4 is 11.8 Å². The number of para-hydroxylation sites is 1. The lowest BCUT2D eigenvalue weighted by atomic mass is 10.1. The number of cyclic esters (lactones) is 1. The van der Waals surface area contributed by atoms with Crippen LogP contribution in [0.15, 0.2) is 54.9 Å². The molecular weight excluding hydrogens is 295 g/mol. The first-order valence-corrected chi connectivity index (χ1v) is 7.60. The number of benzene rings is 1. The highest BCUT2D eigenvalue weighted by molar-refractivity contribution is 5.89. The standard InChI is InChI=1S/C18H19FN2O2/c1-13(2)7-8-15-12-21(18(22)23-15)14-9-10-20(11-14)17-6-4-3-5-16(17)19/h3-6,9-11,15H,1,7-8,12H2,2H3. The molecule has 2 aromatic rings. The average molecular weight is 314 g/mol. The predicted octanol–water partition coefficient (Wildman–Crippen LogP) is 4.30. The van der Waals surface area contributed by atoms with Crippen molar-refractivity contribution in [2.45, 2.75) is 25.9 Å². The van der Waals surface area contributed by atoms with Gasteiger partial charge in [0.15, 0.2) is 0 Å². The van der Waals surface area contributed by atoms with Gasteiger partial charge in [-0.05, 0) is 38.0 Å². The van der Waals surface area contributed by atoms with Gasteiger partial charge in [-0.3, -0.25) is 4.90 Å². The lowest BCUT2D eigenvalue weighted by Gasteiger charge is -2.10. The molecule has 2 heterocycles. The van der Waals surface area contributed by atoms with Crippen LogP contribution in [-0.2, 0) is 4.74 Å². The van der Waals surface area contributed by atoms with Crippen molar-refractivity contribution in [1.29, 1.82) is 0 Å². The first-order chi connectivity index (χ1) is 11.0. The Morgan fingerprint density at radius 1 is 1.39 bits per heavy atom. The number of aromatic nitrogens is 1. The number of rotatable bonds is 5. The van der Waals surface area contributed by atoms with Gasteiger partial charge >= 0.3 is 6.09 Å². The van der Waals surface area contributed by atoms with Crippen LogP contribution >= 0.6 is 0 Å². The highest BCUT2D eigenvalue weighted by atomic mass is 19.1. The number of carbonyl (C=O) groups is 1. The summed E-state index contributed by atoms with van der Waals surface area (Å²) in [4.78, 5) is 13.6. The molecule has 0 saturated carbocycles. The molecule has 0 bridgehead atoms. The molecule has 0 radical (unpaired) electrons. The van der Waals surface area contributed by atoms with Crippen LogP contribution in [0, 0.1) is 5.82 Å². The molecule has 1 unspecified atom stereocenters. The Hall–Kier alpha value is -2.56. The summed E-state index contributed by atoms with van der Waals surface area (Å²) < 4.78 is 20.9. The number of carbonyl (C=O) groups excluding carboxylic acids is 1. The summed E-state index contributed by atoms with van der Waals surface area (Å²) in [6.07, 6.45) is 4.59. The van der Waals surface area contributed by atoms with Crippen molar-refractivity contribution in [3.8, 4) is 5.69 Å². The third-order valence-electron chi connectivity index (χ3n) is 3.89. The monoisotopic (exact) mass is 314 g/mol. The number of hydrogen-bond donors (Lipinski definition) is 0. The maximum absolute atomic E-state index is 13.8. The smallest absolute Gasteiger partial charge is 0.414 e. The first kappa shape index (κ1) is 15.3. The van der Waals surface area contributed by atoms with E-state index in [0.29, 0.717) is 17.9 Å². The number of amides is 1. The molecule has 1 aromatic heterocycles. The van der Waals surface area contributed by atoms with Crippen LogP contribution in [0.5, 0.6) is 0 Å². The summed E-state index contributed by atoms with van der Waals surface area (Å²) >= 11 is 0. The van der Waals surface area contributed by atoms with E-state index in [1.54, 1.807) is 46.1 Å². The Labute approximate surface area is 134 Å². The van der Waals surface area contributed by atoms with E-state index < -0.39 is 0 Å². The second kappa shape index (κ2) is 6.28. The van der Waals surface area contributed by atoms with E-state index in [2.05, 4.69) is 6.58 Å². The zero-order valence-electron chi connectivity index (χ0n) is 13.0. The number of ether oxygens (including phenoxy) is 1. The molecule has 1 atom stereocenters. The molecule has 3 rings (SSSR count). The van der Waals surface area contributed by atoms with Crippen LogP contribution < -0.4 is 4.90 Å². The van der Waals surface area contributed by atoms with Gasteiger partial charge in [0.1, 0.15) is 11.9 Å². The van der Waals surface area contributed by atoms with E-state index in [4.69, 9.17) is 4.74 Å². The van der Waals surface area contributed by atoms with Crippen LogP contribution in [0.1, 0.15) is 19.8 Å². The molecule has 0 aliphatic carbocycles. The van der Waals surface area contributed by atoms with Gasteiger partial charge in [-0.25, -0.2) is 9.18 Å². The molecule has 1 fully saturated rings. The van der Waals surface area contributed by atoms with E-state index in [1.165, 1.54) is 6.07 Å². The lowest BCUT2D eigenvalue weighted by molar-refractivity contribution is 0.137. The maximum Gasteiger partial charge on any atom is 0.414 e. The average Bonchev–Trinajstić information content (AvgIpc) is 3.12. The molecule has 4 nitrogen and oxygen atoms in total. The minimum Gasteiger partial charge on any atom is -0.444 e. The highest BCUT2D eigenvalue weighted by Crippen LogP contribution is 2.26. The third-order valence-corrected chi connectivity index (χ3v) is 3.89. The van der Waals surface area contributed by atoms with Gasteiger partial charge in [0.05, 0.1) is 17.9 Å². The number of anilines is 1. The second-order valence-corrected chi connectivity index (χ2v) is 5.84. The third kappa shape index (κ3) is 3.28. The number of halogens is 1. The van der Waals surface area contributed by atoms with Crippen molar-refractivity contribution in [3.63, 3.8) is 0 Å². The normalized spacial score (nSPS) is 17.4. The predicted molar refractivity (Wildman–Crippen MR) is 87.4 cm³/mol. The van der Waals surface area contributed by atoms with Crippen molar-refractivity contribution in [1.82, 2.24) is 4.57 Å². The number of allylic oxidation sites excluding steroid dienone is 1. The fourth-order valence-electron chi connectivity index (χ4n) is 2.65. The molecule has 0 spiro atoms. The first-order valence-electron chi connectivity index (χ1n) is 7.60. The minimum absolute atomic E-state index is 0.129. The molecular formula is C18H19FN2O2. The lowest BCUT2D eigenvalue weighted by Crippen LogP contribution is -2.24. The molecule has 0 N–H and O–H groups in total. The Morgan fingerprint density at radius 2 is 2.17 bits per heavy atom. The molecule has 1 amide bonds. The molecule has 1 aromatic carbocycles. The van der Waals surface area contributed by atoms with Crippen molar-refractivity contribution in [3.05, 3.63) is 60.7 Å². The molecule has 23 heavy (non-hydrogen) atoms. The topological polar surface area (TPSA) is 34.5 Å². The maximum atomic E-state index is 13.8. The van der Waals surface area contributed by atoms with E-state index in [0.717, 1.165) is 18.4 Å². The molecule has 120 valence electrons. The highest BCUT2D eigenvalue weighted by Gasteiger charge is 2.32. The van der Waals surface area contributed by atoms with Crippen LogP contribution in [-0.4, -0.2) is 23.3 Å². The minimum atomic E-state index is -0.358. The van der Waals surface area contributed by atoms with Gasteiger partial charge in [-0.2, -0.15) is 0 Å². The Bertz CT molecular complexity index is 738.